The topological polar surface area (TPSA) is 82.0 Å². The van der Waals surface area contributed by atoms with Crippen LogP contribution in [0.25, 0.3) is 0 Å². The number of hydrogen-bond acceptors (Lipinski definition) is 3. The number of carbonyl (C=O) groups is 2. The molecule has 0 heterocycles. The molecule has 24 heavy (non-hydrogen) atoms. The van der Waals surface area contributed by atoms with E-state index in [1.54, 1.807) is 48.5 Å². The van der Waals surface area contributed by atoms with Crippen LogP contribution in [0.2, 0.25) is 0 Å². The van der Waals surface area contributed by atoms with Crippen molar-refractivity contribution in [3.63, 3.8) is 0 Å². The Morgan fingerprint density at radius 1 is 1.12 bits per heavy atom. The summed E-state index contributed by atoms with van der Waals surface area (Å²) >= 11 is 0. The first-order chi connectivity index (χ1) is 11.6. The molecule has 0 saturated heterocycles. The molecule has 3 rings (SSSR count). The second-order valence-electron chi connectivity index (χ2n) is 6.00. The molecule has 0 radical (unpaired) electrons. The predicted octanol–water partition coefficient (Wildman–Crippen LogP) is 3.41. The second-order valence-corrected chi connectivity index (χ2v) is 6.00. The largest absolute Gasteiger partial charge is 0.326 e. The van der Waals surface area contributed by atoms with E-state index >= 15 is 0 Å². The minimum atomic E-state index is -0.325. The van der Waals surface area contributed by atoms with Crippen LogP contribution >= 0.6 is 0 Å². The Balaban J connectivity index is 1.72. The maximum atomic E-state index is 12.4. The summed E-state index contributed by atoms with van der Waals surface area (Å²) in [5.74, 6) is 0.174. The maximum absolute atomic E-state index is 12.4. The normalized spacial score (nSPS) is 18.3. The minimum Gasteiger partial charge on any atom is -0.326 e. The quantitative estimate of drug-likeness (QED) is 0.906. The number of anilines is 2. The summed E-state index contributed by atoms with van der Waals surface area (Å²) in [6.45, 7) is 2.04. The Kier molecular flexibility index (Phi) is 4.30. The van der Waals surface area contributed by atoms with Crippen LogP contribution in [0.15, 0.2) is 48.5 Å². The molecule has 0 bridgehead atoms. The molecule has 2 N–H and O–H groups in total. The summed E-state index contributed by atoms with van der Waals surface area (Å²) in [4.78, 5) is 24.4. The molecular formula is C19H17N3O2. The van der Waals surface area contributed by atoms with Gasteiger partial charge in [-0.1, -0.05) is 25.1 Å². The molecule has 2 aromatic rings. The molecular weight excluding hydrogens is 302 g/mol. The van der Waals surface area contributed by atoms with Gasteiger partial charge in [0.05, 0.1) is 11.3 Å². The van der Waals surface area contributed by atoms with Gasteiger partial charge in [0, 0.05) is 17.2 Å². The van der Waals surface area contributed by atoms with Crippen LogP contribution in [0.1, 0.15) is 29.3 Å². The van der Waals surface area contributed by atoms with Crippen molar-refractivity contribution < 1.29 is 9.59 Å². The molecule has 5 heteroatoms. The van der Waals surface area contributed by atoms with E-state index in [2.05, 4.69) is 10.6 Å². The molecule has 2 aromatic carbocycles. The van der Waals surface area contributed by atoms with E-state index in [-0.39, 0.29) is 17.7 Å². The lowest BCUT2D eigenvalue weighted by molar-refractivity contribution is -0.117. The lowest BCUT2D eigenvalue weighted by Gasteiger charge is -2.09. The molecule has 0 spiro atoms. The Bertz CT molecular complexity index is 839. The molecule has 120 valence electrons. The van der Waals surface area contributed by atoms with Crippen LogP contribution in [-0.2, 0) is 4.79 Å². The first-order valence-corrected chi connectivity index (χ1v) is 7.80. The van der Waals surface area contributed by atoms with Crippen LogP contribution in [0, 0.1) is 23.2 Å². The van der Waals surface area contributed by atoms with E-state index in [4.69, 9.17) is 5.26 Å². The van der Waals surface area contributed by atoms with Crippen molar-refractivity contribution in [3.05, 3.63) is 59.7 Å². The van der Waals surface area contributed by atoms with Gasteiger partial charge in [0.15, 0.2) is 0 Å². The molecule has 1 aliphatic rings. The minimum absolute atomic E-state index is 0.00474. The zero-order chi connectivity index (χ0) is 17.1. The molecule has 0 aromatic heterocycles. The van der Waals surface area contributed by atoms with Gasteiger partial charge in [0.25, 0.3) is 5.91 Å². The highest BCUT2D eigenvalue weighted by Crippen LogP contribution is 2.38. The van der Waals surface area contributed by atoms with Crippen molar-refractivity contribution in [2.45, 2.75) is 13.3 Å². The third-order valence-electron chi connectivity index (χ3n) is 4.13. The summed E-state index contributed by atoms with van der Waals surface area (Å²) < 4.78 is 0. The monoisotopic (exact) mass is 319 g/mol. The summed E-state index contributed by atoms with van der Waals surface area (Å²) in [5.41, 5.74) is 1.88. The molecule has 0 unspecified atom stereocenters. The van der Waals surface area contributed by atoms with Gasteiger partial charge in [-0.2, -0.15) is 5.26 Å². The van der Waals surface area contributed by atoms with Crippen molar-refractivity contribution in [1.29, 1.82) is 5.26 Å². The predicted molar refractivity (Wildman–Crippen MR) is 91.5 cm³/mol. The number of para-hydroxylation sites is 1. The van der Waals surface area contributed by atoms with Crippen LogP contribution in [0.4, 0.5) is 11.4 Å². The van der Waals surface area contributed by atoms with Gasteiger partial charge >= 0.3 is 0 Å². The number of nitriles is 1. The van der Waals surface area contributed by atoms with Gasteiger partial charge in [0.1, 0.15) is 6.07 Å². The van der Waals surface area contributed by atoms with Crippen molar-refractivity contribution in [1.82, 2.24) is 0 Å². The van der Waals surface area contributed by atoms with Gasteiger partial charge < -0.3 is 10.6 Å². The number of carbonyl (C=O) groups excluding carboxylic acids is 2. The highest BCUT2D eigenvalue weighted by atomic mass is 16.2. The van der Waals surface area contributed by atoms with Crippen LogP contribution in [0.3, 0.4) is 0 Å². The molecule has 1 fully saturated rings. The SMILES string of the molecule is C[C@H]1C[C@@H]1C(=O)Nc1cccc(C(=O)Nc2ccccc2C#N)c1. The number of nitrogens with one attached hydrogen (secondary N) is 2. The zero-order valence-corrected chi connectivity index (χ0v) is 13.2. The fraction of sp³-hybridized carbons (Fsp3) is 0.211. The standard InChI is InChI=1S/C19H17N3O2/c1-12-9-16(12)19(24)21-15-7-4-6-13(10-15)18(23)22-17-8-3-2-5-14(17)11-20/h2-8,10,12,16H,9H2,1H3,(H,21,24)(H,22,23)/t12-,16-/m0/s1. The maximum Gasteiger partial charge on any atom is 0.255 e. The van der Waals surface area contributed by atoms with Crippen molar-refractivity contribution in [3.8, 4) is 6.07 Å². The third-order valence-corrected chi connectivity index (χ3v) is 4.13. The van der Waals surface area contributed by atoms with Gasteiger partial charge in [-0.25, -0.2) is 0 Å². The third kappa shape index (κ3) is 3.44. The molecule has 1 aliphatic carbocycles. The molecule has 2 amide bonds. The van der Waals surface area contributed by atoms with E-state index in [0.717, 1.165) is 6.42 Å². The Labute approximate surface area is 140 Å². The van der Waals surface area contributed by atoms with E-state index in [9.17, 15) is 9.59 Å². The number of amides is 2. The van der Waals surface area contributed by atoms with Gasteiger partial charge in [-0.15, -0.1) is 0 Å². The van der Waals surface area contributed by atoms with Crippen molar-refractivity contribution in [2.75, 3.05) is 10.6 Å². The summed E-state index contributed by atoms with van der Waals surface area (Å²) in [6, 6.07) is 15.6. The fourth-order valence-corrected chi connectivity index (χ4v) is 2.54. The smallest absolute Gasteiger partial charge is 0.255 e. The molecule has 0 aliphatic heterocycles. The van der Waals surface area contributed by atoms with Crippen LogP contribution < -0.4 is 10.6 Å². The fourth-order valence-electron chi connectivity index (χ4n) is 2.54. The van der Waals surface area contributed by atoms with E-state index in [1.807, 2.05) is 13.0 Å². The molecule has 5 nitrogen and oxygen atoms in total. The van der Waals surface area contributed by atoms with E-state index in [1.165, 1.54) is 0 Å². The first-order valence-electron chi connectivity index (χ1n) is 7.80. The summed E-state index contributed by atoms with van der Waals surface area (Å²) in [5, 5.41) is 14.6. The number of benzene rings is 2. The number of hydrogen-bond donors (Lipinski definition) is 2. The summed E-state index contributed by atoms with van der Waals surface area (Å²) in [6.07, 6.45) is 0.914. The Morgan fingerprint density at radius 2 is 1.88 bits per heavy atom. The number of rotatable bonds is 4. The molecule has 2 atom stereocenters. The molecule has 1 saturated carbocycles. The highest BCUT2D eigenvalue weighted by molar-refractivity contribution is 6.06. The summed E-state index contributed by atoms with van der Waals surface area (Å²) in [7, 11) is 0. The van der Waals surface area contributed by atoms with Crippen LogP contribution in [-0.4, -0.2) is 11.8 Å². The van der Waals surface area contributed by atoms with E-state index < -0.39 is 0 Å². The Hall–Kier alpha value is -3.13. The number of nitrogens with zero attached hydrogens (tertiary/aromatic N) is 1. The van der Waals surface area contributed by atoms with Crippen molar-refractivity contribution in [2.24, 2.45) is 11.8 Å². The lowest BCUT2D eigenvalue weighted by Crippen LogP contribution is -2.16. The second kappa shape index (κ2) is 6.55. The van der Waals surface area contributed by atoms with E-state index in [0.29, 0.717) is 28.4 Å². The van der Waals surface area contributed by atoms with Crippen molar-refractivity contribution >= 4 is 23.2 Å². The highest BCUT2D eigenvalue weighted by Gasteiger charge is 2.39. The zero-order valence-electron chi connectivity index (χ0n) is 13.2. The first kappa shape index (κ1) is 15.8. The van der Waals surface area contributed by atoms with Gasteiger partial charge in [-0.05, 0) is 42.7 Å². The average molecular weight is 319 g/mol. The van der Waals surface area contributed by atoms with Gasteiger partial charge in [-0.3, -0.25) is 9.59 Å². The van der Waals surface area contributed by atoms with Crippen LogP contribution in [0.5, 0.6) is 0 Å². The lowest BCUT2D eigenvalue weighted by atomic mass is 10.1. The van der Waals surface area contributed by atoms with Gasteiger partial charge in [0.2, 0.25) is 5.91 Å². The average Bonchev–Trinajstić information content (AvgIpc) is 3.32. The Morgan fingerprint density at radius 3 is 2.58 bits per heavy atom.